The summed E-state index contributed by atoms with van der Waals surface area (Å²) >= 11 is 0. The second-order valence-electron chi connectivity index (χ2n) is 5.06. The Bertz CT molecular complexity index is 597. The third-order valence-corrected chi connectivity index (χ3v) is 4.67. The van der Waals surface area contributed by atoms with E-state index < -0.39 is 47.4 Å². The highest BCUT2D eigenvalue weighted by Gasteiger charge is 2.45. The van der Waals surface area contributed by atoms with Gasteiger partial charge in [-0.1, -0.05) is 17.7 Å². The van der Waals surface area contributed by atoms with Gasteiger partial charge in [-0.05, 0) is 19.1 Å². The molecule has 1 fully saturated rings. The molecule has 9 heteroatoms. The third-order valence-electron chi connectivity index (χ3n) is 3.38. The molecule has 1 aromatic carbocycles. The maximum atomic E-state index is 12.1. The summed E-state index contributed by atoms with van der Waals surface area (Å²) in [5.74, 6) is 0. The van der Waals surface area contributed by atoms with E-state index in [0.29, 0.717) is 0 Å². The number of hydrogen-bond donors (Lipinski definition) is 4. The quantitative estimate of drug-likeness (QED) is 0.489. The second kappa shape index (κ2) is 6.59. The first kappa shape index (κ1) is 17.3. The molecule has 0 bridgehead atoms. The van der Waals surface area contributed by atoms with Gasteiger partial charge < -0.3 is 25.2 Å². The Morgan fingerprint density at radius 2 is 1.68 bits per heavy atom. The zero-order valence-electron chi connectivity index (χ0n) is 11.7. The molecule has 0 saturated carbocycles. The van der Waals surface area contributed by atoms with Crippen LogP contribution in [0.2, 0.25) is 0 Å². The van der Waals surface area contributed by atoms with Gasteiger partial charge in [-0.15, -0.1) is 0 Å². The molecule has 124 valence electrons. The van der Waals surface area contributed by atoms with Crippen molar-refractivity contribution < 1.29 is 37.8 Å². The highest BCUT2D eigenvalue weighted by atomic mass is 32.2. The van der Waals surface area contributed by atoms with Crippen LogP contribution < -0.4 is 0 Å². The van der Waals surface area contributed by atoms with Crippen LogP contribution in [0, 0.1) is 6.92 Å². The lowest BCUT2D eigenvalue weighted by Crippen LogP contribution is -2.59. The van der Waals surface area contributed by atoms with Gasteiger partial charge in [-0.3, -0.25) is 0 Å². The maximum Gasteiger partial charge on any atom is 0.299 e. The van der Waals surface area contributed by atoms with Crippen LogP contribution >= 0.6 is 0 Å². The fourth-order valence-corrected chi connectivity index (χ4v) is 3.02. The molecule has 1 aliphatic heterocycles. The van der Waals surface area contributed by atoms with Crippen molar-refractivity contribution in [2.45, 2.75) is 42.5 Å². The first-order valence-corrected chi connectivity index (χ1v) is 7.97. The second-order valence-corrected chi connectivity index (χ2v) is 6.63. The summed E-state index contributed by atoms with van der Waals surface area (Å²) in [7, 11) is -4.24. The van der Waals surface area contributed by atoms with Crippen molar-refractivity contribution in [1.29, 1.82) is 0 Å². The smallest absolute Gasteiger partial charge is 0.299 e. The Morgan fingerprint density at radius 3 is 2.23 bits per heavy atom. The van der Waals surface area contributed by atoms with E-state index in [1.54, 1.807) is 19.1 Å². The minimum Gasteiger partial charge on any atom is -0.394 e. The summed E-state index contributed by atoms with van der Waals surface area (Å²) in [6, 6.07) is 5.80. The summed E-state index contributed by atoms with van der Waals surface area (Å²) in [5.41, 5.74) is 0.854. The maximum absolute atomic E-state index is 12.1. The molecule has 1 saturated heterocycles. The van der Waals surface area contributed by atoms with E-state index in [4.69, 9.17) is 14.0 Å². The van der Waals surface area contributed by atoms with Crippen molar-refractivity contribution in [3.05, 3.63) is 29.8 Å². The van der Waals surface area contributed by atoms with Crippen LogP contribution in [0.3, 0.4) is 0 Å². The molecule has 0 aromatic heterocycles. The first-order valence-electron chi connectivity index (χ1n) is 6.57. The molecule has 2 rings (SSSR count). The number of ether oxygens (including phenoxy) is 1. The highest BCUT2D eigenvalue weighted by Crippen LogP contribution is 2.25. The van der Waals surface area contributed by atoms with Crippen LogP contribution in [0.5, 0.6) is 0 Å². The van der Waals surface area contributed by atoms with Gasteiger partial charge in [0.1, 0.15) is 24.4 Å². The van der Waals surface area contributed by atoms with E-state index >= 15 is 0 Å². The minimum atomic E-state index is -4.24. The van der Waals surface area contributed by atoms with Crippen molar-refractivity contribution in [3.63, 3.8) is 0 Å². The van der Waals surface area contributed by atoms with Gasteiger partial charge >= 0.3 is 0 Å². The monoisotopic (exact) mass is 334 g/mol. The van der Waals surface area contributed by atoms with E-state index in [-0.39, 0.29) is 4.90 Å². The summed E-state index contributed by atoms with van der Waals surface area (Å²) in [6.07, 6.45) is -8.04. The largest absolute Gasteiger partial charge is 0.394 e. The molecular formula is C13H18O8S. The summed E-state index contributed by atoms with van der Waals surface area (Å²) < 4.78 is 34.0. The molecule has 0 aliphatic carbocycles. The minimum absolute atomic E-state index is 0.143. The van der Waals surface area contributed by atoms with E-state index in [1.165, 1.54) is 12.1 Å². The fourth-order valence-electron chi connectivity index (χ4n) is 2.03. The summed E-state index contributed by atoms with van der Waals surface area (Å²) in [4.78, 5) is -0.143. The molecule has 1 aliphatic rings. The normalized spacial score (nSPS) is 32.9. The Morgan fingerprint density at radius 1 is 1.09 bits per heavy atom. The highest BCUT2D eigenvalue weighted by molar-refractivity contribution is 7.86. The third kappa shape index (κ3) is 3.46. The zero-order chi connectivity index (χ0) is 16.5. The fraction of sp³-hybridized carbons (Fsp3) is 0.538. The average Bonchev–Trinajstić information content (AvgIpc) is 2.48. The summed E-state index contributed by atoms with van der Waals surface area (Å²) in [5, 5.41) is 38.0. The van der Waals surface area contributed by atoms with Crippen molar-refractivity contribution in [3.8, 4) is 0 Å². The standard InChI is InChI=1S/C13H18O8S/c1-7-2-4-8(5-3-7)22(18,19)21-13-12(17)11(16)10(15)9(6-14)20-13/h2-5,9-17H,6H2,1H3/t9-,10-,11+,12+,13?/m1/s1. The number of aryl methyl sites for hydroxylation is 1. The Labute approximate surface area is 127 Å². The van der Waals surface area contributed by atoms with E-state index in [1.807, 2.05) is 0 Å². The molecule has 22 heavy (non-hydrogen) atoms. The lowest BCUT2D eigenvalue weighted by atomic mass is 10.00. The van der Waals surface area contributed by atoms with Gasteiger partial charge in [-0.25, -0.2) is 4.18 Å². The van der Waals surface area contributed by atoms with E-state index in [0.717, 1.165) is 5.56 Å². The predicted octanol–water partition coefficient (Wildman–Crippen LogP) is -1.50. The van der Waals surface area contributed by atoms with Crippen LogP contribution in [0.1, 0.15) is 5.56 Å². The molecule has 4 N–H and O–H groups in total. The first-order chi connectivity index (χ1) is 10.3. The van der Waals surface area contributed by atoms with Crippen LogP contribution in [-0.4, -0.2) is 66.2 Å². The Hall–Kier alpha value is -1.07. The molecule has 1 heterocycles. The number of hydrogen-bond acceptors (Lipinski definition) is 8. The lowest BCUT2D eigenvalue weighted by molar-refractivity contribution is -0.276. The SMILES string of the molecule is Cc1ccc(S(=O)(=O)OC2O[C@H](CO)[C@@H](O)[C@H](O)[C@@H]2O)cc1. The van der Waals surface area contributed by atoms with Gasteiger partial charge in [0.25, 0.3) is 10.1 Å². The van der Waals surface area contributed by atoms with Gasteiger partial charge in [0.15, 0.2) is 0 Å². The zero-order valence-corrected chi connectivity index (χ0v) is 12.5. The van der Waals surface area contributed by atoms with E-state index in [2.05, 4.69) is 0 Å². The predicted molar refractivity (Wildman–Crippen MR) is 73.2 cm³/mol. The molecule has 1 unspecified atom stereocenters. The molecule has 1 aromatic rings. The molecule has 8 nitrogen and oxygen atoms in total. The summed E-state index contributed by atoms with van der Waals surface area (Å²) in [6.45, 7) is 1.12. The molecule has 5 atom stereocenters. The molecule has 0 spiro atoms. The molecular weight excluding hydrogens is 316 g/mol. The Kier molecular flexibility index (Phi) is 5.17. The van der Waals surface area contributed by atoms with Crippen LogP contribution in [0.15, 0.2) is 29.2 Å². The van der Waals surface area contributed by atoms with Crippen LogP contribution in [-0.2, 0) is 19.0 Å². The van der Waals surface area contributed by atoms with Gasteiger partial charge in [0, 0.05) is 0 Å². The van der Waals surface area contributed by atoms with Gasteiger partial charge in [-0.2, -0.15) is 8.42 Å². The topological polar surface area (TPSA) is 134 Å². The van der Waals surface area contributed by atoms with E-state index in [9.17, 15) is 23.7 Å². The van der Waals surface area contributed by atoms with Crippen molar-refractivity contribution in [2.24, 2.45) is 0 Å². The molecule has 0 amide bonds. The van der Waals surface area contributed by atoms with Gasteiger partial charge in [0.2, 0.25) is 6.29 Å². The van der Waals surface area contributed by atoms with Crippen LogP contribution in [0.4, 0.5) is 0 Å². The number of aliphatic hydroxyl groups excluding tert-OH is 4. The average molecular weight is 334 g/mol. The van der Waals surface area contributed by atoms with Gasteiger partial charge in [0.05, 0.1) is 11.5 Å². The number of aliphatic hydroxyl groups is 4. The Balaban J connectivity index is 2.19. The van der Waals surface area contributed by atoms with Crippen molar-refractivity contribution >= 4 is 10.1 Å². The van der Waals surface area contributed by atoms with Crippen molar-refractivity contribution in [2.75, 3.05) is 6.61 Å². The number of rotatable bonds is 4. The van der Waals surface area contributed by atoms with Crippen molar-refractivity contribution in [1.82, 2.24) is 0 Å². The molecule has 0 radical (unpaired) electrons. The van der Waals surface area contributed by atoms with Crippen LogP contribution in [0.25, 0.3) is 0 Å². The lowest BCUT2D eigenvalue weighted by Gasteiger charge is -2.39. The number of benzene rings is 1.